The predicted molar refractivity (Wildman–Crippen MR) is 96.3 cm³/mol. The van der Waals surface area contributed by atoms with Gasteiger partial charge in [0.05, 0.1) is 17.2 Å². The Bertz CT molecular complexity index is 1150. The van der Waals surface area contributed by atoms with E-state index in [9.17, 15) is 9.59 Å². The summed E-state index contributed by atoms with van der Waals surface area (Å²) in [5, 5.41) is 0.329. The van der Waals surface area contributed by atoms with Crippen LogP contribution in [0.25, 0.3) is 22.5 Å². The molecule has 0 spiro atoms. The molecule has 0 bridgehead atoms. The minimum atomic E-state index is -0.635. The van der Waals surface area contributed by atoms with Gasteiger partial charge >= 0.3 is 5.97 Å². The van der Waals surface area contributed by atoms with Crippen LogP contribution in [0.15, 0.2) is 80.6 Å². The van der Waals surface area contributed by atoms with Crippen molar-refractivity contribution in [2.45, 2.75) is 6.92 Å². The minimum Gasteiger partial charge on any atom is -0.461 e. The van der Waals surface area contributed by atoms with Gasteiger partial charge in [-0.15, -0.1) is 0 Å². The smallest absolute Gasteiger partial charge is 0.343 e. The third-order valence-corrected chi connectivity index (χ3v) is 3.95. The molecule has 5 nitrogen and oxygen atoms in total. The first kappa shape index (κ1) is 15.9. The van der Waals surface area contributed by atoms with Gasteiger partial charge in [-0.05, 0) is 43.3 Å². The molecule has 0 saturated heterocycles. The van der Waals surface area contributed by atoms with Crippen molar-refractivity contribution in [3.05, 3.63) is 88.3 Å². The van der Waals surface area contributed by atoms with Crippen molar-refractivity contribution in [1.29, 1.82) is 0 Å². The lowest BCUT2D eigenvalue weighted by Gasteiger charge is -2.09. The first-order valence-electron chi connectivity index (χ1n) is 8.02. The fourth-order valence-corrected chi connectivity index (χ4v) is 2.71. The second kappa shape index (κ2) is 6.37. The number of fused-ring (bicyclic) bond motifs is 1. The number of ether oxygens (including phenoxy) is 1. The first-order valence-corrected chi connectivity index (χ1v) is 8.02. The molecule has 5 heteroatoms. The van der Waals surface area contributed by atoms with E-state index in [2.05, 4.69) is 0 Å². The van der Waals surface area contributed by atoms with Crippen LogP contribution in [0, 0.1) is 6.92 Å². The predicted octanol–water partition coefficient (Wildman–Crippen LogP) is 4.58. The summed E-state index contributed by atoms with van der Waals surface area (Å²) in [5.41, 5.74) is 1.22. The van der Waals surface area contributed by atoms with Crippen molar-refractivity contribution in [2.75, 3.05) is 0 Å². The molecule has 0 saturated carbocycles. The molecule has 4 aromatic rings. The Kier molecular flexibility index (Phi) is 3.89. The Labute approximate surface area is 148 Å². The van der Waals surface area contributed by atoms with E-state index < -0.39 is 11.4 Å². The van der Waals surface area contributed by atoms with Gasteiger partial charge in [0, 0.05) is 0 Å². The molecule has 0 fully saturated rings. The van der Waals surface area contributed by atoms with Crippen LogP contribution in [-0.2, 0) is 0 Å². The maximum atomic E-state index is 12.9. The normalized spacial score (nSPS) is 10.8. The number of hydrogen-bond acceptors (Lipinski definition) is 5. The summed E-state index contributed by atoms with van der Waals surface area (Å²) < 4.78 is 16.6. The van der Waals surface area contributed by atoms with Gasteiger partial charge in [-0.3, -0.25) is 4.79 Å². The average Bonchev–Trinajstić information content (AvgIpc) is 3.18. The van der Waals surface area contributed by atoms with E-state index >= 15 is 0 Å². The Hall–Kier alpha value is -3.60. The lowest BCUT2D eigenvalue weighted by Crippen LogP contribution is -2.16. The summed E-state index contributed by atoms with van der Waals surface area (Å²) in [6.45, 7) is 1.87. The van der Waals surface area contributed by atoms with Gasteiger partial charge < -0.3 is 13.6 Å². The van der Waals surface area contributed by atoms with Crippen LogP contribution in [0.1, 0.15) is 15.9 Å². The molecule has 128 valence electrons. The maximum Gasteiger partial charge on any atom is 0.343 e. The summed E-state index contributed by atoms with van der Waals surface area (Å²) in [7, 11) is 0. The van der Waals surface area contributed by atoms with Crippen molar-refractivity contribution in [2.24, 2.45) is 0 Å². The summed E-state index contributed by atoms with van der Waals surface area (Å²) in [6, 6.07) is 17.0. The topological polar surface area (TPSA) is 69.7 Å². The zero-order valence-corrected chi connectivity index (χ0v) is 13.9. The molecule has 0 amide bonds. The van der Waals surface area contributed by atoms with Crippen molar-refractivity contribution in [3.8, 4) is 17.3 Å². The van der Waals surface area contributed by atoms with Crippen molar-refractivity contribution in [3.63, 3.8) is 0 Å². The van der Waals surface area contributed by atoms with Crippen LogP contribution in [0.4, 0.5) is 0 Å². The molecular formula is C21H14O5. The highest BCUT2D eigenvalue weighted by Crippen LogP contribution is 2.31. The quantitative estimate of drug-likeness (QED) is 0.508. The van der Waals surface area contributed by atoms with Gasteiger partial charge in [-0.1, -0.05) is 29.8 Å². The van der Waals surface area contributed by atoms with Gasteiger partial charge in [0.2, 0.25) is 16.9 Å². The highest BCUT2D eigenvalue weighted by molar-refractivity contribution is 5.92. The zero-order chi connectivity index (χ0) is 18.1. The fraction of sp³-hybridized carbons (Fsp3) is 0.0476. The van der Waals surface area contributed by atoms with E-state index in [0.717, 1.165) is 5.56 Å². The number of benzene rings is 2. The molecular weight excluding hydrogens is 332 g/mol. The highest BCUT2D eigenvalue weighted by atomic mass is 16.5. The molecule has 2 aromatic heterocycles. The Morgan fingerprint density at radius 3 is 2.62 bits per heavy atom. The Balaban J connectivity index is 1.88. The van der Waals surface area contributed by atoms with E-state index in [0.29, 0.717) is 22.3 Å². The molecule has 0 atom stereocenters. The summed E-state index contributed by atoms with van der Waals surface area (Å²) in [4.78, 5) is 25.4. The highest BCUT2D eigenvalue weighted by Gasteiger charge is 2.22. The lowest BCUT2D eigenvalue weighted by molar-refractivity contribution is 0.0731. The molecule has 0 aliphatic rings. The number of carbonyl (C=O) groups excluding carboxylic acids is 1. The van der Waals surface area contributed by atoms with Gasteiger partial charge in [-0.2, -0.15) is 0 Å². The van der Waals surface area contributed by atoms with E-state index in [1.54, 1.807) is 54.6 Å². The van der Waals surface area contributed by atoms with E-state index in [1.165, 1.54) is 6.26 Å². The number of hydrogen-bond donors (Lipinski definition) is 0. The molecule has 0 aliphatic carbocycles. The maximum absolute atomic E-state index is 12.9. The largest absolute Gasteiger partial charge is 0.461 e. The van der Waals surface area contributed by atoms with Crippen LogP contribution >= 0.6 is 0 Å². The van der Waals surface area contributed by atoms with Gasteiger partial charge in [0.1, 0.15) is 5.58 Å². The number of esters is 1. The number of furan rings is 1. The number of para-hydroxylation sites is 1. The summed E-state index contributed by atoms with van der Waals surface area (Å²) in [6.07, 6.45) is 1.46. The number of aryl methyl sites for hydroxylation is 1. The van der Waals surface area contributed by atoms with Gasteiger partial charge in [-0.25, -0.2) is 4.79 Å². The van der Waals surface area contributed by atoms with Crippen molar-refractivity contribution in [1.82, 2.24) is 0 Å². The summed E-state index contributed by atoms with van der Waals surface area (Å²) in [5.74, 6) is -0.436. The first-order chi connectivity index (χ1) is 12.6. The van der Waals surface area contributed by atoms with E-state index in [-0.39, 0.29) is 11.5 Å². The van der Waals surface area contributed by atoms with Crippen molar-refractivity contribution < 1.29 is 18.4 Å². The molecule has 4 rings (SSSR count). The molecule has 2 aromatic carbocycles. The molecule has 0 unspecified atom stereocenters. The molecule has 0 radical (unpaired) electrons. The van der Waals surface area contributed by atoms with Crippen LogP contribution < -0.4 is 10.2 Å². The minimum absolute atomic E-state index is 0.0831. The third kappa shape index (κ3) is 2.80. The van der Waals surface area contributed by atoms with E-state index in [4.69, 9.17) is 13.6 Å². The van der Waals surface area contributed by atoms with Crippen LogP contribution in [0.3, 0.4) is 0 Å². The van der Waals surface area contributed by atoms with Crippen LogP contribution in [0.5, 0.6) is 5.75 Å². The Morgan fingerprint density at radius 1 is 1.00 bits per heavy atom. The van der Waals surface area contributed by atoms with E-state index in [1.807, 2.05) is 13.0 Å². The van der Waals surface area contributed by atoms with Crippen molar-refractivity contribution >= 4 is 16.9 Å². The SMILES string of the molecule is Cc1cccc(C(=O)Oc2c(-c3ccco3)oc3ccccc3c2=O)c1. The number of rotatable bonds is 3. The second-order valence-corrected chi connectivity index (χ2v) is 5.82. The van der Waals surface area contributed by atoms with Gasteiger partial charge in [0.25, 0.3) is 0 Å². The molecule has 0 N–H and O–H groups in total. The van der Waals surface area contributed by atoms with Crippen LogP contribution in [-0.4, -0.2) is 5.97 Å². The zero-order valence-electron chi connectivity index (χ0n) is 13.9. The monoisotopic (exact) mass is 346 g/mol. The molecule has 2 heterocycles. The van der Waals surface area contributed by atoms with Gasteiger partial charge in [0.15, 0.2) is 5.76 Å². The lowest BCUT2D eigenvalue weighted by atomic mass is 10.1. The third-order valence-electron chi connectivity index (χ3n) is 3.95. The molecule has 26 heavy (non-hydrogen) atoms. The second-order valence-electron chi connectivity index (χ2n) is 5.82. The number of carbonyl (C=O) groups is 1. The average molecular weight is 346 g/mol. The van der Waals surface area contributed by atoms with Crippen LogP contribution in [0.2, 0.25) is 0 Å². The molecule has 0 aliphatic heterocycles. The standard InChI is InChI=1S/C21H14O5/c1-13-6-4-7-14(12-13)21(23)26-20-18(22)15-8-2-3-9-16(15)25-19(20)17-10-5-11-24-17/h2-12H,1H3. The Morgan fingerprint density at radius 2 is 1.85 bits per heavy atom. The fourth-order valence-electron chi connectivity index (χ4n) is 2.71. The summed E-state index contributed by atoms with van der Waals surface area (Å²) >= 11 is 0.